The number of carboxylic acid groups (broad SMARTS) is 1. The van der Waals surface area contributed by atoms with E-state index in [2.05, 4.69) is 5.32 Å². The lowest BCUT2D eigenvalue weighted by atomic mass is 9.80. The van der Waals surface area contributed by atoms with Crippen LogP contribution < -0.4 is 5.32 Å². The van der Waals surface area contributed by atoms with E-state index in [1.807, 2.05) is 0 Å². The van der Waals surface area contributed by atoms with Crippen molar-refractivity contribution in [2.75, 3.05) is 19.8 Å². The van der Waals surface area contributed by atoms with Crippen LogP contribution in [0, 0.1) is 11.2 Å². The summed E-state index contributed by atoms with van der Waals surface area (Å²) in [5.74, 6) is -1.60. The number of hydrogen-bond acceptors (Lipinski definition) is 4. The van der Waals surface area contributed by atoms with Crippen molar-refractivity contribution in [1.82, 2.24) is 5.32 Å². The topological polar surface area (TPSA) is 75.6 Å². The molecule has 0 bridgehead atoms. The van der Waals surface area contributed by atoms with Gasteiger partial charge in [0, 0.05) is 24.5 Å². The predicted octanol–water partition coefficient (Wildman–Crippen LogP) is 2.65. The summed E-state index contributed by atoms with van der Waals surface area (Å²) in [4.78, 5) is 24.3. The molecule has 122 valence electrons. The number of nitrogens with one attached hydrogen (secondary N) is 1. The smallest absolute Gasteiger partial charge is 0.311 e. The van der Waals surface area contributed by atoms with Crippen LogP contribution in [-0.2, 0) is 9.53 Å². The van der Waals surface area contributed by atoms with Gasteiger partial charge < -0.3 is 15.2 Å². The molecule has 2 heterocycles. The lowest BCUT2D eigenvalue weighted by Crippen LogP contribution is -2.46. The standard InChI is InChI=1S/C16H16FNO4S/c17-11-1-2-12-10(7-11)8-13(23-12)14(19)18-9-16(15(20)21)3-5-22-6-4-16/h1-2,7-8H,3-6,9H2,(H,18,19)(H,20,21). The second kappa shape index (κ2) is 6.25. The Morgan fingerprint density at radius 2 is 2.04 bits per heavy atom. The van der Waals surface area contributed by atoms with Crippen LogP contribution in [0.15, 0.2) is 24.3 Å². The molecule has 0 saturated carbocycles. The lowest BCUT2D eigenvalue weighted by Gasteiger charge is -2.33. The average molecular weight is 337 g/mol. The molecule has 1 amide bonds. The first-order chi connectivity index (χ1) is 11.0. The molecular weight excluding hydrogens is 321 g/mol. The molecule has 1 aromatic carbocycles. The summed E-state index contributed by atoms with van der Waals surface area (Å²) >= 11 is 1.26. The summed E-state index contributed by atoms with van der Waals surface area (Å²) < 4.78 is 19.2. The van der Waals surface area contributed by atoms with E-state index in [-0.39, 0.29) is 18.3 Å². The molecule has 5 nitrogen and oxygen atoms in total. The number of benzene rings is 1. The normalized spacial score (nSPS) is 17.1. The fourth-order valence-corrected chi connectivity index (χ4v) is 3.65. The lowest BCUT2D eigenvalue weighted by molar-refractivity contribution is -0.154. The Kier molecular flexibility index (Phi) is 4.32. The Morgan fingerprint density at radius 1 is 1.30 bits per heavy atom. The zero-order chi connectivity index (χ0) is 16.4. The van der Waals surface area contributed by atoms with Gasteiger partial charge in [-0.2, -0.15) is 0 Å². The van der Waals surface area contributed by atoms with Crippen LogP contribution in [0.4, 0.5) is 4.39 Å². The van der Waals surface area contributed by atoms with E-state index in [1.54, 1.807) is 12.1 Å². The Hall–Kier alpha value is -1.99. The first-order valence-corrected chi connectivity index (χ1v) is 8.10. The maximum absolute atomic E-state index is 13.2. The van der Waals surface area contributed by atoms with Gasteiger partial charge in [0.25, 0.3) is 5.91 Å². The van der Waals surface area contributed by atoms with Crippen LogP contribution in [-0.4, -0.2) is 36.7 Å². The van der Waals surface area contributed by atoms with Crippen molar-refractivity contribution >= 4 is 33.3 Å². The number of carbonyl (C=O) groups excluding carboxylic acids is 1. The van der Waals surface area contributed by atoms with Gasteiger partial charge in [-0.25, -0.2) is 4.39 Å². The molecule has 2 aromatic rings. The highest BCUT2D eigenvalue weighted by Crippen LogP contribution is 2.31. The van der Waals surface area contributed by atoms with Gasteiger partial charge in [-0.15, -0.1) is 11.3 Å². The Labute approximate surface area is 136 Å². The molecule has 23 heavy (non-hydrogen) atoms. The van der Waals surface area contributed by atoms with Crippen molar-refractivity contribution in [1.29, 1.82) is 0 Å². The van der Waals surface area contributed by atoms with Gasteiger partial charge in [0.2, 0.25) is 0 Å². The Balaban J connectivity index is 1.73. The van der Waals surface area contributed by atoms with Crippen LogP contribution >= 0.6 is 11.3 Å². The van der Waals surface area contributed by atoms with Gasteiger partial charge in [0.05, 0.1) is 10.3 Å². The average Bonchev–Trinajstić information content (AvgIpc) is 2.96. The zero-order valence-corrected chi connectivity index (χ0v) is 13.1. The second-order valence-electron chi connectivity index (χ2n) is 5.67. The van der Waals surface area contributed by atoms with Crippen LogP contribution in [0.3, 0.4) is 0 Å². The van der Waals surface area contributed by atoms with E-state index in [0.29, 0.717) is 36.3 Å². The van der Waals surface area contributed by atoms with Crippen molar-refractivity contribution in [3.05, 3.63) is 35.0 Å². The third-order valence-corrected chi connectivity index (χ3v) is 5.31. The van der Waals surface area contributed by atoms with Crippen LogP contribution in [0.1, 0.15) is 22.5 Å². The molecule has 0 radical (unpaired) electrons. The molecule has 0 aliphatic carbocycles. The van der Waals surface area contributed by atoms with Crippen molar-refractivity contribution in [2.45, 2.75) is 12.8 Å². The minimum Gasteiger partial charge on any atom is -0.481 e. The first-order valence-electron chi connectivity index (χ1n) is 7.29. The van der Waals surface area contributed by atoms with E-state index < -0.39 is 11.4 Å². The minimum absolute atomic E-state index is 0.0626. The van der Waals surface area contributed by atoms with Crippen LogP contribution in [0.5, 0.6) is 0 Å². The number of aliphatic carboxylic acids is 1. The fourth-order valence-electron chi connectivity index (χ4n) is 2.69. The van der Waals surface area contributed by atoms with E-state index in [0.717, 1.165) is 4.70 Å². The van der Waals surface area contributed by atoms with Crippen molar-refractivity contribution in [3.8, 4) is 0 Å². The predicted molar refractivity (Wildman–Crippen MR) is 84.2 cm³/mol. The molecule has 0 atom stereocenters. The van der Waals surface area contributed by atoms with E-state index in [1.165, 1.54) is 23.5 Å². The summed E-state index contributed by atoms with van der Waals surface area (Å²) in [6, 6.07) is 5.97. The van der Waals surface area contributed by atoms with Crippen LogP contribution in [0.2, 0.25) is 0 Å². The number of fused-ring (bicyclic) bond motifs is 1. The monoisotopic (exact) mass is 337 g/mol. The highest BCUT2D eigenvalue weighted by Gasteiger charge is 2.40. The number of amides is 1. The second-order valence-corrected chi connectivity index (χ2v) is 6.76. The SMILES string of the molecule is O=C(NCC1(C(=O)O)CCOCC1)c1cc2cc(F)ccc2s1. The molecule has 0 unspecified atom stereocenters. The fraction of sp³-hybridized carbons (Fsp3) is 0.375. The number of carbonyl (C=O) groups is 2. The number of carboxylic acids is 1. The number of ether oxygens (including phenoxy) is 1. The molecule has 7 heteroatoms. The number of thiophene rings is 1. The molecule has 0 spiro atoms. The molecule has 1 saturated heterocycles. The minimum atomic E-state index is -0.975. The molecule has 2 N–H and O–H groups in total. The molecule has 3 rings (SSSR count). The summed E-state index contributed by atoms with van der Waals surface area (Å²) in [7, 11) is 0. The van der Waals surface area contributed by atoms with Crippen LogP contribution in [0.25, 0.3) is 10.1 Å². The quantitative estimate of drug-likeness (QED) is 0.899. The largest absolute Gasteiger partial charge is 0.481 e. The van der Waals surface area contributed by atoms with E-state index >= 15 is 0 Å². The van der Waals surface area contributed by atoms with Gasteiger partial charge in [0.15, 0.2) is 0 Å². The first kappa shape index (κ1) is 15.9. The maximum Gasteiger partial charge on any atom is 0.311 e. The Bertz CT molecular complexity index is 752. The van der Waals surface area contributed by atoms with Crippen molar-refractivity contribution in [3.63, 3.8) is 0 Å². The van der Waals surface area contributed by atoms with Crippen molar-refractivity contribution < 1.29 is 23.8 Å². The number of halogens is 1. The number of rotatable bonds is 4. The zero-order valence-electron chi connectivity index (χ0n) is 12.3. The molecular formula is C16H16FNO4S. The summed E-state index contributed by atoms with van der Waals surface area (Å²) in [5.41, 5.74) is -0.975. The molecule has 1 aliphatic rings. The summed E-state index contributed by atoms with van der Waals surface area (Å²) in [5, 5.41) is 12.8. The number of hydrogen-bond donors (Lipinski definition) is 2. The highest BCUT2D eigenvalue weighted by molar-refractivity contribution is 7.20. The molecule has 1 aliphatic heterocycles. The summed E-state index contributed by atoms with van der Waals surface area (Å²) in [6.07, 6.45) is 0.750. The maximum atomic E-state index is 13.2. The van der Waals surface area contributed by atoms with Gasteiger partial charge in [-0.05, 0) is 42.5 Å². The van der Waals surface area contributed by atoms with Gasteiger partial charge >= 0.3 is 5.97 Å². The highest BCUT2D eigenvalue weighted by atomic mass is 32.1. The third-order valence-electron chi connectivity index (χ3n) is 4.19. The van der Waals surface area contributed by atoms with E-state index in [9.17, 15) is 19.1 Å². The van der Waals surface area contributed by atoms with Gasteiger partial charge in [-0.3, -0.25) is 9.59 Å². The van der Waals surface area contributed by atoms with E-state index in [4.69, 9.17) is 4.74 Å². The third kappa shape index (κ3) is 3.20. The van der Waals surface area contributed by atoms with Gasteiger partial charge in [-0.1, -0.05) is 0 Å². The Morgan fingerprint density at radius 3 is 2.74 bits per heavy atom. The summed E-state index contributed by atoms with van der Waals surface area (Å²) in [6.45, 7) is 0.821. The van der Waals surface area contributed by atoms with Gasteiger partial charge in [0.1, 0.15) is 5.82 Å². The molecule has 1 fully saturated rings. The molecule has 1 aromatic heterocycles. The van der Waals surface area contributed by atoms with Crippen molar-refractivity contribution in [2.24, 2.45) is 5.41 Å².